The van der Waals surface area contributed by atoms with Gasteiger partial charge in [-0.05, 0) is 50.2 Å². The number of amides is 2. The normalized spacial score (nSPS) is 12.9. The molecule has 0 aliphatic rings. The summed E-state index contributed by atoms with van der Waals surface area (Å²) in [6, 6.07) is 14.0. The second-order valence-corrected chi connectivity index (χ2v) is 7.19. The Morgan fingerprint density at radius 3 is 2.33 bits per heavy atom. The lowest BCUT2D eigenvalue weighted by molar-refractivity contribution is -0.920. The molecule has 0 radical (unpaired) electrons. The first-order valence-electron chi connectivity index (χ1n) is 9.88. The van der Waals surface area contributed by atoms with E-state index in [1.807, 2.05) is 26.0 Å². The topological polar surface area (TPSA) is 108 Å². The SMILES string of the molecule is CC[NH+](CC(=O)Nc1ccc(NC(C)=O)cc1)[C@H](C)c1nc2ccccc2c(=O)[nH]1. The number of nitrogens with zero attached hydrogens (tertiary/aromatic N) is 1. The van der Waals surface area contributed by atoms with Gasteiger partial charge in [0.05, 0.1) is 17.4 Å². The van der Waals surface area contributed by atoms with Crippen molar-refractivity contribution in [3.05, 3.63) is 64.7 Å². The zero-order chi connectivity index (χ0) is 21.7. The van der Waals surface area contributed by atoms with Crippen molar-refractivity contribution in [3.63, 3.8) is 0 Å². The van der Waals surface area contributed by atoms with Crippen LogP contribution in [-0.4, -0.2) is 34.9 Å². The van der Waals surface area contributed by atoms with Crippen LogP contribution in [0, 0.1) is 0 Å². The van der Waals surface area contributed by atoms with Crippen LogP contribution in [0.3, 0.4) is 0 Å². The minimum absolute atomic E-state index is 0.144. The molecule has 0 saturated heterocycles. The number of H-pyrrole nitrogens is 1. The fourth-order valence-electron chi connectivity index (χ4n) is 3.34. The number of carbonyl (C=O) groups is 2. The highest BCUT2D eigenvalue weighted by molar-refractivity contribution is 5.92. The number of benzene rings is 2. The third-order valence-corrected chi connectivity index (χ3v) is 4.98. The molecule has 0 aliphatic carbocycles. The fourth-order valence-corrected chi connectivity index (χ4v) is 3.34. The molecule has 2 atom stereocenters. The lowest BCUT2D eigenvalue weighted by atomic mass is 10.2. The monoisotopic (exact) mass is 408 g/mol. The maximum atomic E-state index is 12.6. The van der Waals surface area contributed by atoms with Crippen molar-refractivity contribution >= 4 is 34.1 Å². The minimum Gasteiger partial charge on any atom is -0.326 e. The molecule has 0 aliphatic heterocycles. The summed E-state index contributed by atoms with van der Waals surface area (Å²) < 4.78 is 0. The summed E-state index contributed by atoms with van der Waals surface area (Å²) in [6.45, 7) is 6.28. The van der Waals surface area contributed by atoms with Gasteiger partial charge in [-0.25, -0.2) is 4.98 Å². The van der Waals surface area contributed by atoms with Gasteiger partial charge in [-0.1, -0.05) is 12.1 Å². The number of aromatic amines is 1. The van der Waals surface area contributed by atoms with E-state index in [0.29, 0.717) is 34.6 Å². The van der Waals surface area contributed by atoms with Gasteiger partial charge in [0.2, 0.25) is 5.91 Å². The third-order valence-electron chi connectivity index (χ3n) is 4.98. The molecule has 8 heteroatoms. The number of fused-ring (bicyclic) bond motifs is 1. The van der Waals surface area contributed by atoms with Crippen molar-refractivity contribution in [2.75, 3.05) is 23.7 Å². The highest BCUT2D eigenvalue weighted by atomic mass is 16.2. The maximum Gasteiger partial charge on any atom is 0.279 e. The summed E-state index contributed by atoms with van der Waals surface area (Å²) in [7, 11) is 0. The largest absolute Gasteiger partial charge is 0.326 e. The van der Waals surface area contributed by atoms with Crippen LogP contribution >= 0.6 is 0 Å². The molecule has 3 rings (SSSR count). The van der Waals surface area contributed by atoms with Gasteiger partial charge in [-0.2, -0.15) is 0 Å². The molecule has 4 N–H and O–H groups in total. The zero-order valence-electron chi connectivity index (χ0n) is 17.3. The second-order valence-electron chi connectivity index (χ2n) is 7.19. The molecule has 8 nitrogen and oxygen atoms in total. The Bertz CT molecular complexity index is 1110. The van der Waals surface area contributed by atoms with E-state index >= 15 is 0 Å². The number of quaternary nitrogens is 1. The number of anilines is 2. The van der Waals surface area contributed by atoms with E-state index in [9.17, 15) is 14.4 Å². The molecule has 1 unspecified atom stereocenters. The van der Waals surface area contributed by atoms with Crippen LogP contribution in [-0.2, 0) is 9.59 Å². The summed E-state index contributed by atoms with van der Waals surface area (Å²) in [4.78, 5) is 44.4. The van der Waals surface area contributed by atoms with Crippen molar-refractivity contribution in [1.29, 1.82) is 0 Å². The lowest BCUT2D eigenvalue weighted by Gasteiger charge is -2.23. The number of hydrogen-bond acceptors (Lipinski definition) is 4. The van der Waals surface area contributed by atoms with E-state index in [2.05, 4.69) is 20.6 Å². The minimum atomic E-state index is -0.179. The van der Waals surface area contributed by atoms with Gasteiger partial charge < -0.3 is 20.5 Å². The predicted molar refractivity (Wildman–Crippen MR) is 117 cm³/mol. The number of likely N-dealkylation sites (N-methyl/N-ethyl adjacent to an activating group) is 1. The van der Waals surface area contributed by atoms with E-state index < -0.39 is 0 Å². The Morgan fingerprint density at radius 2 is 1.70 bits per heavy atom. The number of carbonyl (C=O) groups excluding carboxylic acids is 2. The molecule has 0 spiro atoms. The molecular weight excluding hydrogens is 382 g/mol. The van der Waals surface area contributed by atoms with Crippen molar-refractivity contribution in [2.24, 2.45) is 0 Å². The molecule has 1 aromatic heterocycles. The van der Waals surface area contributed by atoms with E-state index in [1.165, 1.54) is 6.92 Å². The molecule has 2 aromatic carbocycles. The fraction of sp³-hybridized carbons (Fsp3) is 0.273. The molecular formula is C22H26N5O3+. The van der Waals surface area contributed by atoms with Crippen LogP contribution in [0.2, 0.25) is 0 Å². The Labute approximate surface area is 174 Å². The Kier molecular flexibility index (Phi) is 6.58. The molecule has 0 saturated carbocycles. The number of para-hydroxylation sites is 1. The van der Waals surface area contributed by atoms with E-state index in [-0.39, 0.29) is 30.0 Å². The highest BCUT2D eigenvalue weighted by Gasteiger charge is 2.23. The average molecular weight is 408 g/mol. The molecule has 0 bridgehead atoms. The zero-order valence-corrected chi connectivity index (χ0v) is 17.3. The standard InChI is InChI=1S/C22H25N5O3/c1-4-27(13-20(29)24-17-11-9-16(10-12-17)23-15(3)28)14(2)21-25-19-8-6-5-7-18(19)22(30)26-21/h5-12,14H,4,13H2,1-3H3,(H,23,28)(H,24,29)(H,25,26,30)/p+1/t14-/m1/s1. The first-order valence-corrected chi connectivity index (χ1v) is 9.88. The molecule has 0 fully saturated rings. The average Bonchev–Trinajstić information content (AvgIpc) is 2.72. The third kappa shape index (κ3) is 5.09. The number of hydrogen-bond donors (Lipinski definition) is 4. The quantitative estimate of drug-likeness (QED) is 0.475. The summed E-state index contributed by atoms with van der Waals surface area (Å²) in [5, 5.41) is 6.10. The van der Waals surface area contributed by atoms with Gasteiger partial charge in [-0.3, -0.25) is 14.4 Å². The maximum absolute atomic E-state index is 12.6. The number of aromatic nitrogens is 2. The van der Waals surface area contributed by atoms with Gasteiger partial charge in [-0.15, -0.1) is 0 Å². The van der Waals surface area contributed by atoms with Crippen LogP contribution in [0.1, 0.15) is 32.6 Å². The van der Waals surface area contributed by atoms with Gasteiger partial charge >= 0.3 is 0 Å². The molecule has 1 heterocycles. The highest BCUT2D eigenvalue weighted by Crippen LogP contribution is 2.13. The lowest BCUT2D eigenvalue weighted by Crippen LogP contribution is -3.12. The Morgan fingerprint density at radius 1 is 1.07 bits per heavy atom. The van der Waals surface area contributed by atoms with E-state index in [0.717, 1.165) is 4.90 Å². The van der Waals surface area contributed by atoms with Gasteiger partial charge in [0.1, 0.15) is 6.04 Å². The number of rotatable bonds is 7. The van der Waals surface area contributed by atoms with E-state index in [1.54, 1.807) is 36.4 Å². The number of nitrogens with one attached hydrogen (secondary N) is 4. The molecule has 156 valence electrons. The molecule has 2 amide bonds. The van der Waals surface area contributed by atoms with Gasteiger partial charge in [0, 0.05) is 18.3 Å². The van der Waals surface area contributed by atoms with Crippen LogP contribution in [0.5, 0.6) is 0 Å². The van der Waals surface area contributed by atoms with E-state index in [4.69, 9.17) is 0 Å². The van der Waals surface area contributed by atoms with Gasteiger partial charge in [0.15, 0.2) is 12.4 Å². The summed E-state index contributed by atoms with van der Waals surface area (Å²) >= 11 is 0. The summed E-state index contributed by atoms with van der Waals surface area (Å²) in [5.41, 5.74) is 1.78. The smallest absolute Gasteiger partial charge is 0.279 e. The Hall–Kier alpha value is -3.52. The van der Waals surface area contributed by atoms with Crippen LogP contribution < -0.4 is 21.1 Å². The Balaban J connectivity index is 1.69. The van der Waals surface area contributed by atoms with Crippen LogP contribution in [0.25, 0.3) is 10.9 Å². The summed E-state index contributed by atoms with van der Waals surface area (Å²) in [5.74, 6) is 0.264. The van der Waals surface area contributed by atoms with Crippen LogP contribution in [0.15, 0.2) is 53.3 Å². The predicted octanol–water partition coefficient (Wildman–Crippen LogP) is 1.49. The van der Waals surface area contributed by atoms with Gasteiger partial charge in [0.25, 0.3) is 11.5 Å². The molecule has 3 aromatic rings. The van der Waals surface area contributed by atoms with Crippen molar-refractivity contribution in [2.45, 2.75) is 26.8 Å². The summed E-state index contributed by atoms with van der Waals surface area (Å²) in [6.07, 6.45) is 0. The van der Waals surface area contributed by atoms with Crippen molar-refractivity contribution in [1.82, 2.24) is 9.97 Å². The molecule has 30 heavy (non-hydrogen) atoms. The first-order chi connectivity index (χ1) is 14.4. The first kappa shape index (κ1) is 21.2. The van der Waals surface area contributed by atoms with Crippen molar-refractivity contribution < 1.29 is 14.5 Å². The second kappa shape index (κ2) is 9.32. The van der Waals surface area contributed by atoms with Crippen molar-refractivity contribution in [3.8, 4) is 0 Å². The van der Waals surface area contributed by atoms with Crippen LogP contribution in [0.4, 0.5) is 11.4 Å².